The maximum Gasteiger partial charge on any atom is 0.279 e. The number of piperidine rings is 1. The summed E-state index contributed by atoms with van der Waals surface area (Å²) >= 11 is 0. The number of rotatable bonds is 5. The molecule has 1 unspecified atom stereocenters. The highest BCUT2D eigenvalue weighted by Crippen LogP contribution is 2.18. The predicted molar refractivity (Wildman–Crippen MR) is 65.2 cm³/mol. The topological polar surface area (TPSA) is 75.4 Å². The smallest absolute Gasteiger partial charge is 0.279 e. The Morgan fingerprint density at radius 3 is 2.44 bits per heavy atom. The third-order valence-corrected chi connectivity index (χ3v) is 4.85. The molecule has 6 heteroatoms. The van der Waals surface area contributed by atoms with Gasteiger partial charge in [-0.2, -0.15) is 17.4 Å². The molecule has 16 heavy (non-hydrogen) atoms. The summed E-state index contributed by atoms with van der Waals surface area (Å²) in [6.07, 6.45) is 2.61. The SMILES string of the molecule is CCC(CN)NS(=O)(=O)N1CCC(C)CC1. The van der Waals surface area contributed by atoms with E-state index in [4.69, 9.17) is 5.73 Å². The minimum absolute atomic E-state index is 0.149. The van der Waals surface area contributed by atoms with Crippen molar-refractivity contribution in [2.75, 3.05) is 19.6 Å². The second-order valence-corrected chi connectivity index (χ2v) is 6.25. The van der Waals surface area contributed by atoms with Crippen molar-refractivity contribution in [2.24, 2.45) is 11.7 Å². The number of nitrogens with one attached hydrogen (secondary N) is 1. The molecule has 3 N–H and O–H groups in total. The zero-order chi connectivity index (χ0) is 12.2. The maximum absolute atomic E-state index is 12.0. The van der Waals surface area contributed by atoms with E-state index in [2.05, 4.69) is 11.6 Å². The quantitative estimate of drug-likeness (QED) is 0.735. The molecule has 1 fully saturated rings. The Morgan fingerprint density at radius 2 is 2.00 bits per heavy atom. The molecule has 1 atom stereocenters. The van der Waals surface area contributed by atoms with Gasteiger partial charge in [-0.3, -0.25) is 0 Å². The fraction of sp³-hybridized carbons (Fsp3) is 1.00. The molecule has 0 aromatic carbocycles. The fourth-order valence-corrected chi connectivity index (χ4v) is 3.33. The summed E-state index contributed by atoms with van der Waals surface area (Å²) < 4.78 is 28.1. The summed E-state index contributed by atoms with van der Waals surface area (Å²) in [6, 6.07) is -0.149. The molecule has 5 nitrogen and oxygen atoms in total. The third kappa shape index (κ3) is 3.69. The van der Waals surface area contributed by atoms with E-state index in [1.807, 2.05) is 6.92 Å². The second kappa shape index (κ2) is 5.95. The molecule has 96 valence electrons. The largest absolute Gasteiger partial charge is 0.329 e. The van der Waals surface area contributed by atoms with Crippen LogP contribution in [0.3, 0.4) is 0 Å². The van der Waals surface area contributed by atoms with E-state index in [1.165, 1.54) is 4.31 Å². The fourth-order valence-electron chi connectivity index (χ4n) is 1.81. The van der Waals surface area contributed by atoms with Crippen molar-refractivity contribution in [3.8, 4) is 0 Å². The van der Waals surface area contributed by atoms with Gasteiger partial charge in [-0.25, -0.2) is 0 Å². The van der Waals surface area contributed by atoms with Crippen LogP contribution in [0.4, 0.5) is 0 Å². The van der Waals surface area contributed by atoms with Crippen LogP contribution in [0, 0.1) is 5.92 Å². The van der Waals surface area contributed by atoms with Crippen molar-refractivity contribution in [1.82, 2.24) is 9.03 Å². The molecule has 0 radical (unpaired) electrons. The van der Waals surface area contributed by atoms with Gasteiger partial charge >= 0.3 is 0 Å². The van der Waals surface area contributed by atoms with Crippen LogP contribution in [0.1, 0.15) is 33.1 Å². The van der Waals surface area contributed by atoms with Crippen molar-refractivity contribution in [2.45, 2.75) is 39.2 Å². The lowest BCUT2D eigenvalue weighted by molar-refractivity contribution is 0.283. The van der Waals surface area contributed by atoms with Crippen molar-refractivity contribution >= 4 is 10.2 Å². The third-order valence-electron chi connectivity index (χ3n) is 3.18. The highest BCUT2D eigenvalue weighted by molar-refractivity contribution is 7.87. The lowest BCUT2D eigenvalue weighted by Crippen LogP contribution is -2.49. The summed E-state index contributed by atoms with van der Waals surface area (Å²) in [5.74, 6) is 0.628. The van der Waals surface area contributed by atoms with E-state index in [1.54, 1.807) is 0 Å². The van der Waals surface area contributed by atoms with E-state index in [9.17, 15) is 8.42 Å². The van der Waals surface area contributed by atoms with Crippen molar-refractivity contribution in [3.63, 3.8) is 0 Å². The lowest BCUT2D eigenvalue weighted by atomic mass is 10.0. The molecule has 0 aliphatic carbocycles. The minimum Gasteiger partial charge on any atom is -0.329 e. The molecule has 1 rings (SSSR count). The van der Waals surface area contributed by atoms with Crippen LogP contribution in [0.25, 0.3) is 0 Å². The van der Waals surface area contributed by atoms with Crippen LogP contribution in [0.15, 0.2) is 0 Å². The Hall–Kier alpha value is -0.170. The molecule has 0 bridgehead atoms. The van der Waals surface area contributed by atoms with Crippen LogP contribution < -0.4 is 10.5 Å². The number of hydrogen-bond donors (Lipinski definition) is 2. The van der Waals surface area contributed by atoms with Crippen molar-refractivity contribution < 1.29 is 8.42 Å². The van der Waals surface area contributed by atoms with Crippen LogP contribution in [0.2, 0.25) is 0 Å². The minimum atomic E-state index is -3.33. The van der Waals surface area contributed by atoms with Crippen LogP contribution in [0.5, 0.6) is 0 Å². The van der Waals surface area contributed by atoms with Gasteiger partial charge in [0.1, 0.15) is 0 Å². The molecule has 0 aromatic heterocycles. The molecule has 0 spiro atoms. The summed E-state index contributed by atoms with van der Waals surface area (Å²) in [4.78, 5) is 0. The normalized spacial score (nSPS) is 22.2. The second-order valence-electron chi connectivity index (χ2n) is 4.55. The zero-order valence-corrected chi connectivity index (χ0v) is 11.0. The first-order valence-electron chi connectivity index (χ1n) is 5.97. The van der Waals surface area contributed by atoms with Gasteiger partial charge in [-0.15, -0.1) is 0 Å². The van der Waals surface area contributed by atoms with Crippen LogP contribution in [-0.4, -0.2) is 38.4 Å². The number of nitrogens with zero attached hydrogens (tertiary/aromatic N) is 1. The Morgan fingerprint density at radius 1 is 1.44 bits per heavy atom. The molecular formula is C10H23N3O2S. The molecule has 1 heterocycles. The molecule has 1 saturated heterocycles. The average molecular weight is 249 g/mol. The predicted octanol–water partition coefficient (Wildman–Crippen LogP) is 0.290. The average Bonchev–Trinajstić information content (AvgIpc) is 2.26. The van der Waals surface area contributed by atoms with E-state index < -0.39 is 10.2 Å². The first-order valence-corrected chi connectivity index (χ1v) is 7.41. The Bertz CT molecular complexity index is 293. The first-order chi connectivity index (χ1) is 7.49. The van der Waals surface area contributed by atoms with Gasteiger partial charge in [0.2, 0.25) is 0 Å². The van der Waals surface area contributed by atoms with Gasteiger partial charge in [0.25, 0.3) is 10.2 Å². The molecule has 0 amide bonds. The summed E-state index contributed by atoms with van der Waals surface area (Å²) in [6.45, 7) is 5.68. The first kappa shape index (κ1) is 13.9. The Kier molecular flexibility index (Phi) is 5.17. The molecule has 0 aromatic rings. The van der Waals surface area contributed by atoms with Crippen LogP contribution in [-0.2, 0) is 10.2 Å². The van der Waals surface area contributed by atoms with Gasteiger partial charge in [0, 0.05) is 25.7 Å². The standard InChI is InChI=1S/C10H23N3O2S/c1-3-10(8-11)12-16(14,15)13-6-4-9(2)5-7-13/h9-10,12H,3-8,11H2,1-2H3. The highest BCUT2D eigenvalue weighted by Gasteiger charge is 2.27. The maximum atomic E-state index is 12.0. The van der Waals surface area contributed by atoms with Gasteiger partial charge in [0.15, 0.2) is 0 Å². The number of nitrogens with two attached hydrogens (primary N) is 1. The van der Waals surface area contributed by atoms with E-state index >= 15 is 0 Å². The van der Waals surface area contributed by atoms with Crippen molar-refractivity contribution in [3.05, 3.63) is 0 Å². The summed E-state index contributed by atoms with van der Waals surface area (Å²) in [5, 5.41) is 0. The van der Waals surface area contributed by atoms with Crippen LogP contribution >= 0.6 is 0 Å². The van der Waals surface area contributed by atoms with E-state index in [-0.39, 0.29) is 6.04 Å². The lowest BCUT2D eigenvalue weighted by Gasteiger charge is -2.30. The Balaban J connectivity index is 2.56. The molecular weight excluding hydrogens is 226 g/mol. The number of hydrogen-bond acceptors (Lipinski definition) is 3. The Labute approximate surface area is 98.6 Å². The van der Waals surface area contributed by atoms with E-state index in [0.717, 1.165) is 19.3 Å². The highest BCUT2D eigenvalue weighted by atomic mass is 32.2. The molecule has 1 aliphatic rings. The van der Waals surface area contributed by atoms with Gasteiger partial charge in [0.05, 0.1) is 0 Å². The summed E-state index contributed by atoms with van der Waals surface area (Å²) in [7, 11) is -3.33. The van der Waals surface area contributed by atoms with Crippen molar-refractivity contribution in [1.29, 1.82) is 0 Å². The zero-order valence-electron chi connectivity index (χ0n) is 10.1. The van der Waals surface area contributed by atoms with Gasteiger partial charge in [-0.05, 0) is 25.2 Å². The van der Waals surface area contributed by atoms with Gasteiger partial charge in [-0.1, -0.05) is 13.8 Å². The summed E-state index contributed by atoms with van der Waals surface area (Å²) in [5.41, 5.74) is 5.50. The molecule has 0 saturated carbocycles. The van der Waals surface area contributed by atoms with Gasteiger partial charge < -0.3 is 5.73 Å². The van der Waals surface area contributed by atoms with E-state index in [0.29, 0.717) is 25.6 Å². The monoisotopic (exact) mass is 249 g/mol. The molecule has 1 aliphatic heterocycles.